The van der Waals surface area contributed by atoms with Crippen molar-refractivity contribution in [3.05, 3.63) is 89.4 Å². The van der Waals surface area contributed by atoms with E-state index in [2.05, 4.69) is 5.32 Å². The van der Waals surface area contributed by atoms with Crippen LogP contribution in [-0.4, -0.2) is 27.1 Å². The molecule has 0 radical (unpaired) electrons. The zero-order chi connectivity index (χ0) is 21.6. The van der Waals surface area contributed by atoms with Crippen LogP contribution in [0.5, 0.6) is 0 Å². The summed E-state index contributed by atoms with van der Waals surface area (Å²) >= 11 is 7.51. The fourth-order valence-electron chi connectivity index (χ4n) is 2.75. The minimum atomic E-state index is -3.61. The molecule has 0 unspecified atom stereocenters. The predicted octanol–water partition coefficient (Wildman–Crippen LogP) is 5.04. The van der Waals surface area contributed by atoms with Crippen molar-refractivity contribution in [3.63, 3.8) is 0 Å². The van der Waals surface area contributed by atoms with Crippen molar-refractivity contribution in [2.24, 2.45) is 0 Å². The maximum atomic E-state index is 12.7. The summed E-state index contributed by atoms with van der Waals surface area (Å²) in [7, 11) is -3.61. The molecule has 8 heteroatoms. The topological polar surface area (TPSA) is 66.5 Å². The molecule has 3 aromatic carbocycles. The first-order valence-electron chi connectivity index (χ1n) is 9.12. The molecule has 0 aliphatic heterocycles. The fraction of sp³-hybridized carbons (Fsp3) is 0.136. The van der Waals surface area contributed by atoms with Crippen molar-refractivity contribution in [1.29, 1.82) is 0 Å². The minimum Gasteiger partial charge on any atom is -0.323 e. The van der Waals surface area contributed by atoms with Crippen LogP contribution in [0.1, 0.15) is 5.56 Å². The van der Waals surface area contributed by atoms with E-state index in [1.54, 1.807) is 48.2 Å². The number of rotatable bonds is 8. The molecule has 0 heterocycles. The largest absolute Gasteiger partial charge is 0.323 e. The number of amides is 1. The number of sulfonamides is 1. The average Bonchev–Trinajstić information content (AvgIpc) is 2.72. The molecular formula is C22H21ClN2O3S2. The van der Waals surface area contributed by atoms with Gasteiger partial charge in [0.05, 0.1) is 17.6 Å². The zero-order valence-corrected chi connectivity index (χ0v) is 18.7. The van der Waals surface area contributed by atoms with Gasteiger partial charge < -0.3 is 5.32 Å². The summed E-state index contributed by atoms with van der Waals surface area (Å²) in [5.74, 6) is 0.299. The van der Waals surface area contributed by atoms with Crippen LogP contribution in [-0.2, 0) is 20.6 Å². The van der Waals surface area contributed by atoms with Crippen molar-refractivity contribution >= 4 is 50.7 Å². The summed E-state index contributed by atoms with van der Waals surface area (Å²) in [6.07, 6.45) is 1.09. The molecule has 0 aliphatic carbocycles. The van der Waals surface area contributed by atoms with Gasteiger partial charge in [0, 0.05) is 15.7 Å². The molecule has 0 aliphatic rings. The molecule has 156 valence electrons. The number of carbonyl (C=O) groups is 1. The van der Waals surface area contributed by atoms with Gasteiger partial charge in [0.25, 0.3) is 0 Å². The van der Waals surface area contributed by atoms with Crippen molar-refractivity contribution in [1.82, 2.24) is 0 Å². The van der Waals surface area contributed by atoms with Crippen LogP contribution in [0.3, 0.4) is 0 Å². The highest BCUT2D eigenvalue weighted by atomic mass is 35.5. The van der Waals surface area contributed by atoms with E-state index in [4.69, 9.17) is 11.6 Å². The highest BCUT2D eigenvalue weighted by Crippen LogP contribution is 2.30. The Kier molecular flexibility index (Phi) is 7.42. The third kappa shape index (κ3) is 6.26. The highest BCUT2D eigenvalue weighted by Gasteiger charge is 2.21. The maximum absolute atomic E-state index is 12.7. The lowest BCUT2D eigenvalue weighted by atomic mass is 10.2. The third-order valence-electron chi connectivity index (χ3n) is 4.20. The van der Waals surface area contributed by atoms with Gasteiger partial charge in [-0.05, 0) is 42.0 Å². The lowest BCUT2D eigenvalue weighted by molar-refractivity contribution is -0.114. The summed E-state index contributed by atoms with van der Waals surface area (Å²) < 4.78 is 25.5. The van der Waals surface area contributed by atoms with Crippen LogP contribution in [0.25, 0.3) is 0 Å². The van der Waals surface area contributed by atoms with Crippen molar-refractivity contribution in [2.45, 2.75) is 10.6 Å². The summed E-state index contributed by atoms with van der Waals surface area (Å²) in [6, 6.07) is 23.6. The van der Waals surface area contributed by atoms with E-state index >= 15 is 0 Å². The van der Waals surface area contributed by atoms with Crippen LogP contribution in [0.4, 0.5) is 11.4 Å². The Morgan fingerprint density at radius 2 is 1.60 bits per heavy atom. The molecule has 0 fully saturated rings. The molecule has 3 aromatic rings. The van der Waals surface area contributed by atoms with Crippen LogP contribution in [0.2, 0.25) is 5.02 Å². The van der Waals surface area contributed by atoms with Crippen molar-refractivity contribution < 1.29 is 13.2 Å². The molecule has 5 nitrogen and oxygen atoms in total. The van der Waals surface area contributed by atoms with Gasteiger partial charge in [-0.3, -0.25) is 9.10 Å². The lowest BCUT2D eigenvalue weighted by Gasteiger charge is -2.22. The lowest BCUT2D eigenvalue weighted by Crippen LogP contribution is -2.37. The second-order valence-electron chi connectivity index (χ2n) is 6.56. The average molecular weight is 461 g/mol. The summed E-state index contributed by atoms with van der Waals surface area (Å²) in [5, 5.41) is 3.53. The quantitative estimate of drug-likeness (QED) is 0.478. The summed E-state index contributed by atoms with van der Waals surface area (Å²) in [6.45, 7) is -0.307. The van der Waals surface area contributed by atoms with Gasteiger partial charge in [0.15, 0.2) is 0 Å². The SMILES string of the molecule is CS(=O)(=O)N(CC(=O)Nc1ccccc1SCc1ccc(Cl)cc1)c1ccccc1. The molecule has 0 aromatic heterocycles. The van der Waals surface area contributed by atoms with E-state index < -0.39 is 15.9 Å². The Labute approximate surface area is 186 Å². The van der Waals surface area contributed by atoms with E-state index in [1.807, 2.05) is 42.5 Å². The molecule has 1 amide bonds. The molecule has 1 N–H and O–H groups in total. The molecule has 0 spiro atoms. The molecule has 0 saturated carbocycles. The Morgan fingerprint density at radius 1 is 0.967 bits per heavy atom. The number of hydrogen-bond donors (Lipinski definition) is 1. The molecule has 30 heavy (non-hydrogen) atoms. The third-order valence-corrected chi connectivity index (χ3v) is 6.74. The molecule has 3 rings (SSSR count). The van der Waals surface area contributed by atoms with E-state index in [-0.39, 0.29) is 6.54 Å². The molecule has 0 atom stereocenters. The van der Waals surface area contributed by atoms with Gasteiger partial charge in [-0.2, -0.15) is 0 Å². The number of nitrogens with zero attached hydrogens (tertiary/aromatic N) is 1. The predicted molar refractivity (Wildman–Crippen MR) is 125 cm³/mol. The second kappa shape index (κ2) is 10.0. The number of hydrogen-bond acceptors (Lipinski definition) is 4. The van der Waals surface area contributed by atoms with Crippen LogP contribution in [0, 0.1) is 0 Å². The van der Waals surface area contributed by atoms with Crippen LogP contribution < -0.4 is 9.62 Å². The van der Waals surface area contributed by atoms with Gasteiger partial charge in [-0.25, -0.2) is 8.42 Å². The number of benzene rings is 3. The smallest absolute Gasteiger partial charge is 0.245 e. The zero-order valence-electron chi connectivity index (χ0n) is 16.3. The number of anilines is 2. The van der Waals surface area contributed by atoms with Gasteiger partial charge in [0.2, 0.25) is 15.9 Å². The van der Waals surface area contributed by atoms with Crippen molar-refractivity contribution in [2.75, 3.05) is 22.4 Å². The highest BCUT2D eigenvalue weighted by molar-refractivity contribution is 7.98. The number of para-hydroxylation sites is 2. The van der Waals surface area contributed by atoms with Gasteiger partial charge in [-0.15, -0.1) is 11.8 Å². The van der Waals surface area contributed by atoms with E-state index in [0.29, 0.717) is 22.2 Å². The first-order chi connectivity index (χ1) is 14.3. The van der Waals surface area contributed by atoms with E-state index in [9.17, 15) is 13.2 Å². The Balaban J connectivity index is 1.71. The monoisotopic (exact) mass is 460 g/mol. The standard InChI is InChI=1S/C22H21ClN2O3S2/c1-30(27,28)25(19-7-3-2-4-8-19)15-22(26)24-20-9-5-6-10-21(20)29-16-17-11-13-18(23)14-12-17/h2-14H,15-16H2,1H3,(H,24,26). The summed E-state index contributed by atoms with van der Waals surface area (Å²) in [4.78, 5) is 13.6. The van der Waals surface area contributed by atoms with Crippen LogP contribution in [0.15, 0.2) is 83.8 Å². The first-order valence-corrected chi connectivity index (χ1v) is 12.3. The Bertz CT molecular complexity index is 1100. The number of thioether (sulfide) groups is 1. The van der Waals surface area contributed by atoms with Crippen molar-refractivity contribution in [3.8, 4) is 0 Å². The Hall–Kier alpha value is -2.48. The number of carbonyl (C=O) groups excluding carboxylic acids is 1. The van der Waals surface area contributed by atoms with Crippen LogP contribution >= 0.6 is 23.4 Å². The van der Waals surface area contributed by atoms with Gasteiger partial charge >= 0.3 is 0 Å². The Morgan fingerprint density at radius 3 is 2.27 bits per heavy atom. The summed E-state index contributed by atoms with van der Waals surface area (Å²) in [5.41, 5.74) is 2.20. The van der Waals surface area contributed by atoms with Gasteiger partial charge in [0.1, 0.15) is 6.54 Å². The first kappa shape index (κ1) is 22.2. The normalized spacial score (nSPS) is 11.1. The molecule has 0 bridgehead atoms. The number of halogens is 1. The fourth-order valence-corrected chi connectivity index (χ4v) is 4.70. The number of nitrogens with one attached hydrogen (secondary N) is 1. The maximum Gasteiger partial charge on any atom is 0.245 e. The second-order valence-corrected chi connectivity index (χ2v) is 9.93. The molecular weight excluding hydrogens is 440 g/mol. The minimum absolute atomic E-state index is 0.307. The van der Waals surface area contributed by atoms with E-state index in [0.717, 1.165) is 21.0 Å². The molecule has 0 saturated heterocycles. The van der Waals surface area contributed by atoms with Gasteiger partial charge in [-0.1, -0.05) is 54.1 Å². The van der Waals surface area contributed by atoms with E-state index in [1.165, 1.54) is 0 Å².